The van der Waals surface area contributed by atoms with Gasteiger partial charge in [0.1, 0.15) is 6.54 Å². The summed E-state index contributed by atoms with van der Waals surface area (Å²) in [5.74, 6) is 0.221. The van der Waals surface area contributed by atoms with E-state index in [9.17, 15) is 14.4 Å². The van der Waals surface area contributed by atoms with Crippen LogP contribution < -0.4 is 20.3 Å². The van der Waals surface area contributed by atoms with Gasteiger partial charge >= 0.3 is 5.97 Å². The van der Waals surface area contributed by atoms with Gasteiger partial charge in [-0.15, -0.1) is 11.3 Å². The van der Waals surface area contributed by atoms with Crippen LogP contribution in [0.15, 0.2) is 40.5 Å². The molecule has 0 aliphatic carbocycles. The number of carbonyl (C=O) groups is 2. The fraction of sp³-hybridized carbons (Fsp3) is 0.286. The molecule has 0 atom stereocenters. The van der Waals surface area contributed by atoms with E-state index in [-0.39, 0.29) is 19.6 Å². The number of ether oxygens (including phenoxy) is 3. The number of amides is 1. The molecule has 0 aliphatic heterocycles. The SMILES string of the molecule is CCOC(=O)Cc1csc(NC(=O)Cn2nc(-c3ccc(OC)c(OC)c3)ccc2=O)n1. The number of methoxy groups -OCH3 is 2. The maximum absolute atomic E-state index is 12.4. The average molecular weight is 458 g/mol. The van der Waals surface area contributed by atoms with Crippen LogP contribution >= 0.6 is 11.3 Å². The van der Waals surface area contributed by atoms with Gasteiger partial charge in [0.15, 0.2) is 16.6 Å². The Morgan fingerprint density at radius 2 is 1.91 bits per heavy atom. The van der Waals surface area contributed by atoms with Gasteiger partial charge < -0.3 is 19.5 Å². The number of benzene rings is 1. The molecule has 3 rings (SSSR count). The van der Waals surface area contributed by atoms with Gasteiger partial charge in [-0.3, -0.25) is 14.4 Å². The van der Waals surface area contributed by atoms with Gasteiger partial charge in [0.25, 0.3) is 5.56 Å². The zero-order chi connectivity index (χ0) is 23.1. The Kier molecular flexibility index (Phi) is 7.55. The summed E-state index contributed by atoms with van der Waals surface area (Å²) in [6.45, 7) is 1.71. The summed E-state index contributed by atoms with van der Waals surface area (Å²) in [4.78, 5) is 40.4. The van der Waals surface area contributed by atoms with E-state index in [1.165, 1.54) is 31.6 Å². The quantitative estimate of drug-likeness (QED) is 0.484. The van der Waals surface area contributed by atoms with E-state index in [4.69, 9.17) is 14.2 Å². The van der Waals surface area contributed by atoms with Crippen molar-refractivity contribution in [2.45, 2.75) is 19.9 Å². The number of rotatable bonds is 9. The minimum atomic E-state index is -0.471. The maximum atomic E-state index is 12.4. The van der Waals surface area contributed by atoms with Crippen LogP contribution in [0, 0.1) is 0 Å². The monoisotopic (exact) mass is 458 g/mol. The van der Waals surface area contributed by atoms with E-state index < -0.39 is 17.4 Å². The van der Waals surface area contributed by atoms with E-state index in [0.717, 1.165) is 4.68 Å². The Balaban J connectivity index is 1.71. The molecule has 0 radical (unpaired) electrons. The van der Waals surface area contributed by atoms with Crippen LogP contribution in [0.2, 0.25) is 0 Å². The summed E-state index contributed by atoms with van der Waals surface area (Å²) in [5, 5.41) is 8.88. The molecule has 2 aromatic heterocycles. The van der Waals surface area contributed by atoms with Crippen LogP contribution in [-0.4, -0.2) is 47.5 Å². The zero-order valence-electron chi connectivity index (χ0n) is 17.8. The zero-order valence-corrected chi connectivity index (χ0v) is 18.6. The molecule has 1 amide bonds. The van der Waals surface area contributed by atoms with Gasteiger partial charge in [0, 0.05) is 17.0 Å². The fourth-order valence-corrected chi connectivity index (χ4v) is 3.54. The first-order chi connectivity index (χ1) is 15.4. The number of esters is 1. The number of carbonyl (C=O) groups excluding carboxylic acids is 2. The largest absolute Gasteiger partial charge is 0.493 e. The van der Waals surface area contributed by atoms with E-state index in [1.54, 1.807) is 36.6 Å². The number of anilines is 1. The molecule has 11 heteroatoms. The lowest BCUT2D eigenvalue weighted by Gasteiger charge is -2.10. The lowest BCUT2D eigenvalue weighted by atomic mass is 10.1. The number of nitrogens with zero attached hydrogens (tertiary/aromatic N) is 3. The highest BCUT2D eigenvalue weighted by Crippen LogP contribution is 2.31. The van der Waals surface area contributed by atoms with Crippen LogP contribution in [0.25, 0.3) is 11.3 Å². The molecular weight excluding hydrogens is 436 g/mol. The number of thiazole rings is 1. The highest BCUT2D eigenvalue weighted by molar-refractivity contribution is 7.13. The Bertz CT molecular complexity index is 1170. The molecule has 0 spiro atoms. The lowest BCUT2D eigenvalue weighted by molar-refractivity contribution is -0.142. The van der Waals surface area contributed by atoms with Crippen molar-refractivity contribution in [3.63, 3.8) is 0 Å². The third-order valence-electron chi connectivity index (χ3n) is 4.27. The molecule has 10 nitrogen and oxygen atoms in total. The Labute approximate surface area is 187 Å². The van der Waals surface area contributed by atoms with E-state index in [2.05, 4.69) is 15.4 Å². The van der Waals surface area contributed by atoms with Gasteiger partial charge in [0.05, 0.1) is 38.6 Å². The summed E-state index contributed by atoms with van der Waals surface area (Å²) >= 11 is 1.18. The summed E-state index contributed by atoms with van der Waals surface area (Å²) < 4.78 is 16.5. The molecule has 1 N–H and O–H groups in total. The van der Waals surface area contributed by atoms with E-state index >= 15 is 0 Å². The fourth-order valence-electron chi connectivity index (χ4n) is 2.81. The van der Waals surface area contributed by atoms with Crippen molar-refractivity contribution in [3.05, 3.63) is 51.8 Å². The number of aromatic nitrogens is 3. The number of hydrogen-bond donors (Lipinski definition) is 1. The van der Waals surface area contributed by atoms with Crippen molar-refractivity contribution in [1.29, 1.82) is 0 Å². The van der Waals surface area contributed by atoms with E-state index in [1.807, 2.05) is 0 Å². The third-order valence-corrected chi connectivity index (χ3v) is 5.07. The predicted molar refractivity (Wildman–Crippen MR) is 118 cm³/mol. The number of nitrogens with one attached hydrogen (secondary N) is 1. The maximum Gasteiger partial charge on any atom is 0.311 e. The minimum Gasteiger partial charge on any atom is -0.493 e. The molecule has 32 heavy (non-hydrogen) atoms. The molecule has 0 bridgehead atoms. The molecule has 0 unspecified atom stereocenters. The van der Waals surface area contributed by atoms with Crippen molar-refractivity contribution >= 4 is 28.3 Å². The summed E-state index contributed by atoms with van der Waals surface area (Å²) in [6.07, 6.45) is 0.0224. The van der Waals surface area contributed by atoms with Crippen LogP contribution in [0.3, 0.4) is 0 Å². The van der Waals surface area contributed by atoms with Gasteiger partial charge in [-0.25, -0.2) is 9.67 Å². The smallest absolute Gasteiger partial charge is 0.311 e. The molecule has 3 aromatic rings. The molecule has 2 heterocycles. The topological polar surface area (TPSA) is 122 Å². The summed E-state index contributed by atoms with van der Waals surface area (Å²) in [7, 11) is 3.06. The molecular formula is C21H22N4O6S. The lowest BCUT2D eigenvalue weighted by Crippen LogP contribution is -2.29. The molecule has 0 fully saturated rings. The van der Waals surface area contributed by atoms with Crippen LogP contribution in [0.1, 0.15) is 12.6 Å². The van der Waals surface area contributed by atoms with Gasteiger partial charge in [-0.05, 0) is 31.2 Å². The van der Waals surface area contributed by atoms with Gasteiger partial charge in [-0.1, -0.05) is 0 Å². The Morgan fingerprint density at radius 1 is 1.12 bits per heavy atom. The molecule has 0 aliphatic rings. The first-order valence-electron chi connectivity index (χ1n) is 9.64. The summed E-state index contributed by atoms with van der Waals surface area (Å²) in [5.41, 5.74) is 1.26. The van der Waals surface area contributed by atoms with Crippen LogP contribution in [0.5, 0.6) is 11.5 Å². The van der Waals surface area contributed by atoms with Crippen molar-refractivity contribution in [1.82, 2.24) is 14.8 Å². The molecule has 0 saturated carbocycles. The third kappa shape index (κ3) is 5.70. The highest BCUT2D eigenvalue weighted by Gasteiger charge is 2.13. The van der Waals surface area contributed by atoms with Crippen molar-refractivity contribution in [3.8, 4) is 22.8 Å². The van der Waals surface area contributed by atoms with Crippen molar-refractivity contribution < 1.29 is 23.8 Å². The second kappa shape index (κ2) is 10.5. The Morgan fingerprint density at radius 3 is 2.62 bits per heavy atom. The van der Waals surface area contributed by atoms with Crippen LogP contribution in [-0.2, 0) is 27.3 Å². The van der Waals surface area contributed by atoms with Crippen molar-refractivity contribution in [2.75, 3.05) is 26.1 Å². The van der Waals surface area contributed by atoms with Crippen molar-refractivity contribution in [2.24, 2.45) is 0 Å². The average Bonchev–Trinajstić information content (AvgIpc) is 3.21. The molecule has 168 valence electrons. The second-order valence-corrected chi connectivity index (χ2v) is 7.32. The second-order valence-electron chi connectivity index (χ2n) is 6.46. The minimum absolute atomic E-state index is 0.0224. The van der Waals surface area contributed by atoms with E-state index in [0.29, 0.717) is 33.6 Å². The summed E-state index contributed by atoms with van der Waals surface area (Å²) in [6, 6.07) is 8.15. The number of hydrogen-bond acceptors (Lipinski definition) is 9. The Hall–Kier alpha value is -3.73. The van der Waals surface area contributed by atoms with Gasteiger partial charge in [0.2, 0.25) is 5.91 Å². The van der Waals surface area contributed by atoms with Gasteiger partial charge in [-0.2, -0.15) is 5.10 Å². The van der Waals surface area contributed by atoms with Crippen LogP contribution in [0.4, 0.5) is 5.13 Å². The standard InChI is InChI=1S/C21H22N4O6S/c1-4-31-20(28)10-14-12-32-21(22-14)23-18(26)11-25-19(27)8-6-15(24-25)13-5-7-16(29-2)17(9-13)30-3/h5-9,12H,4,10-11H2,1-3H3,(H,22,23,26). The molecule has 1 aromatic carbocycles. The normalized spacial score (nSPS) is 10.5. The predicted octanol–water partition coefficient (Wildman–Crippen LogP) is 2.13. The first kappa shape index (κ1) is 22.9. The first-order valence-corrected chi connectivity index (χ1v) is 10.5. The molecule has 0 saturated heterocycles. The highest BCUT2D eigenvalue weighted by atomic mass is 32.1.